The zero-order valence-electron chi connectivity index (χ0n) is 12.1. The summed E-state index contributed by atoms with van der Waals surface area (Å²) in [5, 5.41) is 2.62. The molecule has 1 aromatic rings. The van der Waals surface area contributed by atoms with Crippen LogP contribution in [0.3, 0.4) is 0 Å². The smallest absolute Gasteiger partial charge is 0.239 e. The van der Waals surface area contributed by atoms with Crippen LogP contribution in [0.2, 0.25) is 0 Å². The van der Waals surface area contributed by atoms with Gasteiger partial charge < -0.3 is 20.7 Å². The van der Waals surface area contributed by atoms with Crippen molar-refractivity contribution >= 4 is 28.8 Å². The van der Waals surface area contributed by atoms with E-state index in [-0.39, 0.29) is 12.5 Å². The molecule has 6 heteroatoms. The van der Waals surface area contributed by atoms with Gasteiger partial charge in [0.2, 0.25) is 5.91 Å². The maximum absolute atomic E-state index is 11.7. The summed E-state index contributed by atoms with van der Waals surface area (Å²) in [7, 11) is 3.22. The molecule has 1 amide bonds. The number of nitrogens with two attached hydrogens (primary N) is 1. The lowest BCUT2D eigenvalue weighted by molar-refractivity contribution is -0.119. The van der Waals surface area contributed by atoms with Crippen molar-refractivity contribution in [2.24, 2.45) is 5.73 Å². The quantitative estimate of drug-likeness (QED) is 0.742. The summed E-state index contributed by atoms with van der Waals surface area (Å²) in [5.41, 5.74) is 7.34. The lowest BCUT2D eigenvalue weighted by Gasteiger charge is -2.26. The molecule has 0 radical (unpaired) electrons. The first-order valence-corrected chi connectivity index (χ1v) is 6.87. The van der Waals surface area contributed by atoms with Crippen LogP contribution in [0.15, 0.2) is 18.2 Å². The summed E-state index contributed by atoms with van der Waals surface area (Å²) >= 11 is 5.08. The van der Waals surface area contributed by atoms with E-state index in [1.54, 1.807) is 14.2 Å². The number of carbonyl (C=O) groups is 1. The Morgan fingerprint density at radius 2 is 2.20 bits per heavy atom. The Morgan fingerprint density at radius 3 is 2.70 bits per heavy atom. The lowest BCUT2D eigenvalue weighted by Crippen LogP contribution is -2.37. The summed E-state index contributed by atoms with van der Waals surface area (Å²) in [6, 6.07) is 5.48. The number of nitrogens with zero attached hydrogens (tertiary/aromatic N) is 1. The SMILES string of the molecule is CCCN(CC(=O)NC)c1cc(OC)ccc1C(N)=S. The van der Waals surface area contributed by atoms with Crippen molar-refractivity contribution in [3.05, 3.63) is 23.8 Å². The van der Waals surface area contributed by atoms with Crippen molar-refractivity contribution in [1.29, 1.82) is 0 Å². The standard InChI is InChI=1S/C14H21N3O2S/c1-4-7-17(9-13(18)16-2)12-8-10(19-3)5-6-11(12)14(15)20/h5-6,8H,4,7,9H2,1-3H3,(H2,15,20)(H,16,18). The maximum atomic E-state index is 11.7. The molecule has 1 rings (SSSR count). The molecule has 0 atom stereocenters. The van der Waals surface area contributed by atoms with Crippen LogP contribution in [0, 0.1) is 0 Å². The van der Waals surface area contributed by atoms with Gasteiger partial charge in [-0.25, -0.2) is 0 Å². The molecule has 0 aliphatic rings. The van der Waals surface area contributed by atoms with Gasteiger partial charge >= 0.3 is 0 Å². The van der Waals surface area contributed by atoms with Gasteiger partial charge in [-0.15, -0.1) is 0 Å². The van der Waals surface area contributed by atoms with E-state index in [1.807, 2.05) is 23.1 Å². The Bertz CT molecular complexity index is 491. The highest BCUT2D eigenvalue weighted by Crippen LogP contribution is 2.26. The number of hydrogen-bond donors (Lipinski definition) is 2. The Balaban J connectivity index is 3.21. The predicted molar refractivity (Wildman–Crippen MR) is 85.5 cm³/mol. The molecule has 0 saturated heterocycles. The fourth-order valence-corrected chi connectivity index (χ4v) is 2.09. The third-order valence-corrected chi connectivity index (χ3v) is 3.14. The van der Waals surface area contributed by atoms with Crippen LogP contribution in [-0.4, -0.2) is 38.1 Å². The van der Waals surface area contributed by atoms with E-state index in [0.717, 1.165) is 24.2 Å². The fraction of sp³-hybridized carbons (Fsp3) is 0.429. The fourth-order valence-electron chi connectivity index (χ4n) is 1.92. The number of amides is 1. The summed E-state index contributed by atoms with van der Waals surface area (Å²) in [6.45, 7) is 3.04. The van der Waals surface area contributed by atoms with Crippen molar-refractivity contribution in [3.63, 3.8) is 0 Å². The first-order chi connectivity index (χ1) is 9.53. The van der Waals surface area contributed by atoms with Gasteiger partial charge in [0.05, 0.1) is 19.3 Å². The molecule has 0 aliphatic carbocycles. The van der Waals surface area contributed by atoms with Crippen molar-refractivity contribution < 1.29 is 9.53 Å². The van der Waals surface area contributed by atoms with Crippen LogP contribution in [-0.2, 0) is 4.79 Å². The number of nitrogens with one attached hydrogen (secondary N) is 1. The zero-order valence-corrected chi connectivity index (χ0v) is 12.9. The Morgan fingerprint density at radius 1 is 1.50 bits per heavy atom. The van der Waals surface area contributed by atoms with Gasteiger partial charge in [0.25, 0.3) is 0 Å². The minimum atomic E-state index is -0.0600. The van der Waals surface area contributed by atoms with Crippen LogP contribution in [0.1, 0.15) is 18.9 Å². The third-order valence-electron chi connectivity index (χ3n) is 2.92. The lowest BCUT2D eigenvalue weighted by atomic mass is 10.1. The number of benzene rings is 1. The molecule has 0 fully saturated rings. The number of rotatable bonds is 7. The molecule has 110 valence electrons. The van der Waals surface area contributed by atoms with E-state index < -0.39 is 0 Å². The Hall–Kier alpha value is -1.82. The molecular weight excluding hydrogens is 274 g/mol. The van der Waals surface area contributed by atoms with Crippen molar-refractivity contribution in [3.8, 4) is 5.75 Å². The van der Waals surface area contributed by atoms with Gasteiger partial charge in [-0.1, -0.05) is 19.1 Å². The van der Waals surface area contributed by atoms with E-state index in [2.05, 4.69) is 12.2 Å². The highest BCUT2D eigenvalue weighted by Gasteiger charge is 2.16. The van der Waals surface area contributed by atoms with Crippen molar-refractivity contribution in [2.45, 2.75) is 13.3 Å². The van der Waals surface area contributed by atoms with Crippen LogP contribution < -0.4 is 20.7 Å². The second-order valence-electron chi connectivity index (χ2n) is 4.34. The van der Waals surface area contributed by atoms with Crippen molar-refractivity contribution in [1.82, 2.24) is 5.32 Å². The van der Waals surface area contributed by atoms with E-state index in [0.29, 0.717) is 10.7 Å². The maximum Gasteiger partial charge on any atom is 0.239 e. The van der Waals surface area contributed by atoms with Gasteiger partial charge in [-0.05, 0) is 18.6 Å². The molecule has 3 N–H and O–H groups in total. The first kappa shape index (κ1) is 16.2. The highest BCUT2D eigenvalue weighted by atomic mass is 32.1. The molecular formula is C14H21N3O2S. The second-order valence-corrected chi connectivity index (χ2v) is 4.78. The molecule has 0 unspecified atom stereocenters. The number of carbonyl (C=O) groups excluding carboxylic acids is 1. The van der Waals surface area contributed by atoms with Crippen LogP contribution in [0.5, 0.6) is 5.75 Å². The Labute approximate surface area is 125 Å². The molecule has 1 aromatic carbocycles. The van der Waals surface area contributed by atoms with E-state index in [9.17, 15) is 4.79 Å². The molecule has 0 saturated carbocycles. The largest absolute Gasteiger partial charge is 0.497 e. The number of ether oxygens (including phenoxy) is 1. The predicted octanol–water partition coefficient (Wildman–Crippen LogP) is 1.29. The molecule has 5 nitrogen and oxygen atoms in total. The van der Waals surface area contributed by atoms with E-state index >= 15 is 0 Å². The number of thiocarbonyl (C=S) groups is 1. The average molecular weight is 295 g/mol. The normalized spacial score (nSPS) is 9.95. The number of methoxy groups -OCH3 is 1. The minimum absolute atomic E-state index is 0.0600. The molecule has 0 spiro atoms. The first-order valence-electron chi connectivity index (χ1n) is 6.46. The highest BCUT2D eigenvalue weighted by molar-refractivity contribution is 7.80. The average Bonchev–Trinajstić information content (AvgIpc) is 2.45. The molecule has 0 aliphatic heterocycles. The zero-order chi connectivity index (χ0) is 15.1. The van der Waals surface area contributed by atoms with Crippen LogP contribution in [0.25, 0.3) is 0 Å². The number of anilines is 1. The van der Waals surface area contributed by atoms with Gasteiger partial charge in [0.15, 0.2) is 0 Å². The minimum Gasteiger partial charge on any atom is -0.497 e. The Kier molecular flexibility index (Phi) is 6.24. The molecule has 0 heterocycles. The summed E-state index contributed by atoms with van der Waals surface area (Å²) in [6.07, 6.45) is 0.908. The van der Waals surface area contributed by atoms with E-state index in [1.165, 1.54) is 0 Å². The third kappa shape index (κ3) is 4.09. The molecule has 0 aromatic heterocycles. The van der Waals surface area contributed by atoms with Gasteiger partial charge in [0, 0.05) is 25.2 Å². The van der Waals surface area contributed by atoms with Gasteiger partial charge in [-0.3, -0.25) is 4.79 Å². The monoisotopic (exact) mass is 295 g/mol. The second kappa shape index (κ2) is 7.69. The van der Waals surface area contributed by atoms with Gasteiger partial charge in [-0.2, -0.15) is 0 Å². The van der Waals surface area contributed by atoms with Crippen LogP contribution in [0.4, 0.5) is 5.69 Å². The molecule has 0 bridgehead atoms. The molecule has 20 heavy (non-hydrogen) atoms. The van der Waals surface area contributed by atoms with Crippen molar-refractivity contribution in [2.75, 3.05) is 32.1 Å². The van der Waals surface area contributed by atoms with Gasteiger partial charge in [0.1, 0.15) is 10.7 Å². The topological polar surface area (TPSA) is 67.6 Å². The van der Waals surface area contributed by atoms with E-state index in [4.69, 9.17) is 22.7 Å². The summed E-state index contributed by atoms with van der Waals surface area (Å²) in [4.78, 5) is 13.9. The number of likely N-dealkylation sites (N-methyl/N-ethyl adjacent to an activating group) is 1. The van der Waals surface area contributed by atoms with Crippen LogP contribution >= 0.6 is 12.2 Å². The summed E-state index contributed by atoms with van der Waals surface area (Å²) in [5.74, 6) is 0.646. The summed E-state index contributed by atoms with van der Waals surface area (Å²) < 4.78 is 5.24. The number of hydrogen-bond acceptors (Lipinski definition) is 4.